The molecule has 0 unspecified atom stereocenters. The predicted octanol–water partition coefficient (Wildman–Crippen LogP) is 10.6. The van der Waals surface area contributed by atoms with Gasteiger partial charge < -0.3 is 9.47 Å². The lowest BCUT2D eigenvalue weighted by Gasteiger charge is -2.26. The minimum Gasteiger partial charge on any atom is -0.310 e. The molecule has 1 aliphatic rings. The first kappa shape index (κ1) is 23.8. The van der Waals surface area contributed by atoms with Crippen LogP contribution < -0.4 is 4.90 Å². The Morgan fingerprint density at radius 3 is 1.78 bits per heavy atom. The van der Waals surface area contributed by atoms with Crippen molar-refractivity contribution in [3.63, 3.8) is 0 Å². The average molecular weight is 527 g/mol. The molecule has 0 saturated carbocycles. The molecule has 1 heterocycles. The first-order valence-corrected chi connectivity index (χ1v) is 14.3. The first-order chi connectivity index (χ1) is 20.1. The van der Waals surface area contributed by atoms with Gasteiger partial charge in [0.2, 0.25) is 0 Å². The molecule has 196 valence electrons. The van der Waals surface area contributed by atoms with E-state index in [1.54, 1.807) is 0 Å². The number of anilines is 3. The predicted molar refractivity (Wildman–Crippen MR) is 173 cm³/mol. The molecule has 0 saturated heterocycles. The second kappa shape index (κ2) is 8.97. The maximum atomic E-state index is 2.43. The van der Waals surface area contributed by atoms with Crippen molar-refractivity contribution in [1.29, 1.82) is 0 Å². The Hall–Kier alpha value is -5.08. The van der Waals surface area contributed by atoms with Gasteiger partial charge in [0.1, 0.15) is 0 Å². The molecular formula is C39H30N2. The average Bonchev–Trinajstić information content (AvgIpc) is 3.47. The van der Waals surface area contributed by atoms with Gasteiger partial charge in [-0.25, -0.2) is 0 Å². The largest absolute Gasteiger partial charge is 0.310 e. The van der Waals surface area contributed by atoms with Crippen molar-refractivity contribution in [2.45, 2.75) is 19.3 Å². The molecule has 1 aliphatic carbocycles. The SMILES string of the molecule is CC1(C)c2ccccc2-c2ccc3c(c21)c1cc(N(c2ccccc2)c2ccccc2)ccc1n3-c1ccccc1. The Kier molecular flexibility index (Phi) is 5.20. The summed E-state index contributed by atoms with van der Waals surface area (Å²) in [6.07, 6.45) is 0. The summed E-state index contributed by atoms with van der Waals surface area (Å²) in [6.45, 7) is 4.76. The zero-order valence-corrected chi connectivity index (χ0v) is 23.3. The Morgan fingerprint density at radius 1 is 0.512 bits per heavy atom. The number of rotatable bonds is 4. The molecule has 2 heteroatoms. The first-order valence-electron chi connectivity index (χ1n) is 14.3. The van der Waals surface area contributed by atoms with E-state index in [0.717, 1.165) is 17.1 Å². The number of benzene rings is 6. The lowest BCUT2D eigenvalue weighted by molar-refractivity contribution is 0.666. The van der Waals surface area contributed by atoms with Crippen LogP contribution in [-0.2, 0) is 5.41 Å². The molecule has 0 bridgehead atoms. The van der Waals surface area contributed by atoms with E-state index in [0.29, 0.717) is 0 Å². The minimum absolute atomic E-state index is 0.115. The fourth-order valence-corrected chi connectivity index (χ4v) is 6.97. The third-order valence-corrected chi connectivity index (χ3v) is 8.73. The highest BCUT2D eigenvalue weighted by Crippen LogP contribution is 2.53. The van der Waals surface area contributed by atoms with Crippen LogP contribution in [0.3, 0.4) is 0 Å². The van der Waals surface area contributed by atoms with Gasteiger partial charge in [0.15, 0.2) is 0 Å². The second-order valence-electron chi connectivity index (χ2n) is 11.4. The summed E-state index contributed by atoms with van der Waals surface area (Å²) in [5, 5.41) is 2.61. The molecule has 7 aromatic rings. The van der Waals surface area contributed by atoms with Crippen LogP contribution in [0.4, 0.5) is 17.1 Å². The van der Waals surface area contributed by atoms with Crippen LogP contribution >= 0.6 is 0 Å². The van der Waals surface area contributed by atoms with E-state index in [9.17, 15) is 0 Å². The molecule has 8 rings (SSSR count). The Labute approximate surface area is 240 Å². The molecule has 6 aromatic carbocycles. The molecule has 0 amide bonds. The molecule has 0 radical (unpaired) electrons. The van der Waals surface area contributed by atoms with E-state index in [4.69, 9.17) is 0 Å². The van der Waals surface area contributed by atoms with Crippen molar-refractivity contribution in [3.8, 4) is 16.8 Å². The monoisotopic (exact) mass is 526 g/mol. The van der Waals surface area contributed by atoms with Gasteiger partial charge in [0.05, 0.1) is 11.0 Å². The maximum absolute atomic E-state index is 2.43. The number of para-hydroxylation sites is 3. The molecule has 0 atom stereocenters. The van der Waals surface area contributed by atoms with Gasteiger partial charge in [-0.15, -0.1) is 0 Å². The second-order valence-corrected chi connectivity index (χ2v) is 11.4. The smallest absolute Gasteiger partial charge is 0.0544 e. The van der Waals surface area contributed by atoms with E-state index < -0.39 is 0 Å². The van der Waals surface area contributed by atoms with Gasteiger partial charge in [0.25, 0.3) is 0 Å². The molecule has 0 aliphatic heterocycles. The normalized spacial score (nSPS) is 13.3. The molecule has 41 heavy (non-hydrogen) atoms. The fourth-order valence-electron chi connectivity index (χ4n) is 6.97. The zero-order valence-electron chi connectivity index (χ0n) is 23.3. The Balaban J connectivity index is 1.48. The summed E-state index contributed by atoms with van der Waals surface area (Å²) in [6, 6.07) is 52.6. The summed E-state index contributed by atoms with van der Waals surface area (Å²) in [5.74, 6) is 0. The van der Waals surface area contributed by atoms with Crippen LogP contribution in [0.2, 0.25) is 0 Å². The third-order valence-electron chi connectivity index (χ3n) is 8.73. The van der Waals surface area contributed by atoms with Crippen LogP contribution in [0.15, 0.2) is 146 Å². The molecule has 1 aromatic heterocycles. The van der Waals surface area contributed by atoms with Crippen LogP contribution in [0.25, 0.3) is 38.6 Å². The highest BCUT2D eigenvalue weighted by atomic mass is 15.1. The summed E-state index contributed by atoms with van der Waals surface area (Å²) < 4.78 is 2.43. The van der Waals surface area contributed by atoms with E-state index in [-0.39, 0.29) is 5.41 Å². The van der Waals surface area contributed by atoms with Gasteiger partial charge in [0, 0.05) is 38.9 Å². The van der Waals surface area contributed by atoms with Gasteiger partial charge in [-0.05, 0) is 82.9 Å². The van der Waals surface area contributed by atoms with E-state index in [2.05, 4.69) is 169 Å². The van der Waals surface area contributed by atoms with Crippen LogP contribution in [0.5, 0.6) is 0 Å². The Bertz CT molecular complexity index is 2010. The maximum Gasteiger partial charge on any atom is 0.0544 e. The lowest BCUT2D eigenvalue weighted by atomic mass is 9.80. The van der Waals surface area contributed by atoms with Crippen molar-refractivity contribution in [2.75, 3.05) is 4.90 Å². The number of fused-ring (bicyclic) bond motifs is 7. The number of aromatic nitrogens is 1. The van der Waals surface area contributed by atoms with Gasteiger partial charge >= 0.3 is 0 Å². The van der Waals surface area contributed by atoms with Crippen molar-refractivity contribution in [2.24, 2.45) is 0 Å². The Morgan fingerprint density at radius 2 is 1.10 bits per heavy atom. The highest BCUT2D eigenvalue weighted by Gasteiger charge is 2.38. The minimum atomic E-state index is -0.115. The van der Waals surface area contributed by atoms with E-state index in [1.165, 1.54) is 49.7 Å². The van der Waals surface area contributed by atoms with Crippen LogP contribution in [0, 0.1) is 0 Å². The molecule has 0 N–H and O–H groups in total. The zero-order chi connectivity index (χ0) is 27.6. The van der Waals surface area contributed by atoms with E-state index >= 15 is 0 Å². The van der Waals surface area contributed by atoms with Crippen molar-refractivity contribution in [3.05, 3.63) is 157 Å². The summed E-state index contributed by atoms with van der Waals surface area (Å²) in [4.78, 5) is 2.36. The number of hydrogen-bond donors (Lipinski definition) is 0. The van der Waals surface area contributed by atoms with Gasteiger partial charge in [-0.2, -0.15) is 0 Å². The molecule has 0 spiro atoms. The lowest BCUT2D eigenvalue weighted by Crippen LogP contribution is -2.15. The van der Waals surface area contributed by atoms with Crippen LogP contribution in [0.1, 0.15) is 25.0 Å². The molecular weight excluding hydrogens is 496 g/mol. The van der Waals surface area contributed by atoms with Gasteiger partial charge in [-0.1, -0.05) is 98.8 Å². The number of hydrogen-bond acceptors (Lipinski definition) is 1. The topological polar surface area (TPSA) is 8.17 Å². The molecule has 0 fully saturated rings. The summed E-state index contributed by atoms with van der Waals surface area (Å²) in [7, 11) is 0. The van der Waals surface area contributed by atoms with Crippen LogP contribution in [-0.4, -0.2) is 4.57 Å². The standard InChI is InChI=1S/C39H30N2/c1-39(2)34-21-13-12-20-31(34)32-23-25-36-37(38(32)39)33-26-30(22-24-35(33)41(36)29-18-10-5-11-19-29)40(27-14-6-3-7-15-27)28-16-8-4-9-17-28/h3-26H,1-2H3. The quantitative estimate of drug-likeness (QED) is 0.221. The van der Waals surface area contributed by atoms with Crippen molar-refractivity contribution in [1.82, 2.24) is 4.57 Å². The van der Waals surface area contributed by atoms with Crippen molar-refractivity contribution < 1.29 is 0 Å². The van der Waals surface area contributed by atoms with E-state index in [1.807, 2.05) is 0 Å². The molecule has 2 nitrogen and oxygen atoms in total. The summed E-state index contributed by atoms with van der Waals surface area (Å²) in [5.41, 5.74) is 12.5. The van der Waals surface area contributed by atoms with Gasteiger partial charge in [-0.3, -0.25) is 0 Å². The highest BCUT2D eigenvalue weighted by molar-refractivity contribution is 6.15. The van der Waals surface area contributed by atoms with Crippen molar-refractivity contribution >= 4 is 38.9 Å². The third kappa shape index (κ3) is 3.50. The summed E-state index contributed by atoms with van der Waals surface area (Å²) >= 11 is 0. The fraction of sp³-hybridized carbons (Fsp3) is 0.0769. The number of nitrogens with zero attached hydrogens (tertiary/aromatic N) is 2.